The molecule has 5 rings (SSSR count). The maximum atomic E-state index is 13.5. The molecule has 1 aliphatic rings. The third-order valence-corrected chi connectivity index (χ3v) is 7.77. The molecule has 0 radical (unpaired) electrons. The zero-order valence-corrected chi connectivity index (χ0v) is 22.8. The first-order valence-corrected chi connectivity index (χ1v) is 13.3. The van der Waals surface area contributed by atoms with Crippen molar-refractivity contribution in [2.24, 2.45) is 0 Å². The molecule has 1 aliphatic heterocycles. The molecule has 4 aromatic rings. The number of amides is 1. The van der Waals surface area contributed by atoms with Gasteiger partial charge < -0.3 is 14.8 Å². The number of halogens is 2. The highest BCUT2D eigenvalue weighted by molar-refractivity contribution is 7.15. The zero-order valence-electron chi connectivity index (χ0n) is 20.5. The smallest absolute Gasteiger partial charge is 0.326 e. The van der Waals surface area contributed by atoms with Crippen molar-refractivity contribution in [1.82, 2.24) is 19.8 Å². The molecule has 1 N–H and O–H groups in total. The lowest BCUT2D eigenvalue weighted by molar-refractivity contribution is 0.240. The number of nitrogens with zero attached hydrogens (tertiary/aromatic N) is 3. The minimum atomic E-state index is -0.206. The first kappa shape index (κ1) is 25.6. The highest BCUT2D eigenvalue weighted by Crippen LogP contribution is 2.39. The van der Waals surface area contributed by atoms with Gasteiger partial charge in [-0.25, -0.2) is 9.78 Å². The van der Waals surface area contributed by atoms with Crippen LogP contribution in [0.1, 0.15) is 21.7 Å². The number of benzene rings is 2. The van der Waals surface area contributed by atoms with Crippen molar-refractivity contribution in [3.63, 3.8) is 0 Å². The van der Waals surface area contributed by atoms with E-state index < -0.39 is 0 Å². The van der Waals surface area contributed by atoms with Crippen molar-refractivity contribution in [2.75, 3.05) is 27.3 Å². The zero-order chi connectivity index (χ0) is 25.9. The molecule has 0 spiro atoms. The van der Waals surface area contributed by atoms with Crippen molar-refractivity contribution >= 4 is 57.5 Å². The van der Waals surface area contributed by atoms with Crippen molar-refractivity contribution in [1.29, 1.82) is 0 Å². The van der Waals surface area contributed by atoms with Crippen LogP contribution in [0.15, 0.2) is 48.7 Å². The summed E-state index contributed by atoms with van der Waals surface area (Å²) < 4.78 is 13.5. The Morgan fingerprint density at radius 3 is 2.70 bits per heavy atom. The summed E-state index contributed by atoms with van der Waals surface area (Å²) in [7, 11) is 3.25. The molecular formula is C27H26Cl2N4O3S. The minimum Gasteiger partial charge on any atom is -0.497 e. The normalized spacial score (nSPS) is 13.7. The lowest BCUT2D eigenvalue weighted by Gasteiger charge is -2.27. The molecule has 0 fully saturated rings. The predicted octanol–water partition coefficient (Wildman–Crippen LogP) is 6.25. The Labute approximate surface area is 229 Å². The molecule has 10 heteroatoms. The molecule has 0 aliphatic carbocycles. The number of aromatic nitrogens is 2. The van der Waals surface area contributed by atoms with Crippen LogP contribution >= 0.6 is 34.5 Å². The summed E-state index contributed by atoms with van der Waals surface area (Å²) in [6, 6.07) is 11.3. The number of methoxy groups -OCH3 is 2. The van der Waals surface area contributed by atoms with E-state index in [0.29, 0.717) is 29.1 Å². The molecule has 37 heavy (non-hydrogen) atoms. The Kier molecular flexibility index (Phi) is 7.71. The Morgan fingerprint density at radius 1 is 1.19 bits per heavy atom. The number of hydrogen-bond acceptors (Lipinski definition) is 6. The summed E-state index contributed by atoms with van der Waals surface area (Å²) in [5.74, 6) is 1.31. The molecule has 0 saturated heterocycles. The highest BCUT2D eigenvalue weighted by Gasteiger charge is 2.29. The highest BCUT2D eigenvalue weighted by atomic mass is 35.5. The van der Waals surface area contributed by atoms with Crippen LogP contribution in [-0.4, -0.2) is 47.8 Å². The summed E-state index contributed by atoms with van der Waals surface area (Å²) in [6.45, 7) is 2.65. The number of hydrogen-bond donors (Lipinski definition) is 1. The van der Waals surface area contributed by atoms with E-state index in [0.717, 1.165) is 57.1 Å². The average Bonchev–Trinajstić information content (AvgIpc) is 3.48. The Bertz CT molecular complexity index is 1460. The van der Waals surface area contributed by atoms with Crippen LogP contribution in [0.5, 0.6) is 11.5 Å². The molecule has 1 amide bonds. The molecule has 0 bridgehead atoms. The lowest BCUT2D eigenvalue weighted by atomic mass is 10.0. The van der Waals surface area contributed by atoms with Gasteiger partial charge in [0.25, 0.3) is 0 Å². The summed E-state index contributed by atoms with van der Waals surface area (Å²) in [5.41, 5.74) is 3.95. The summed E-state index contributed by atoms with van der Waals surface area (Å²) in [5, 5.41) is 4.68. The van der Waals surface area contributed by atoms with Gasteiger partial charge in [0.1, 0.15) is 11.5 Å². The first-order valence-electron chi connectivity index (χ1n) is 11.8. The van der Waals surface area contributed by atoms with Crippen molar-refractivity contribution < 1.29 is 14.3 Å². The Morgan fingerprint density at radius 2 is 2.00 bits per heavy atom. The maximum Gasteiger partial charge on any atom is 0.326 e. The molecule has 2 aromatic heterocycles. The minimum absolute atomic E-state index is 0.206. The van der Waals surface area contributed by atoms with Crippen LogP contribution in [0.25, 0.3) is 17.0 Å². The van der Waals surface area contributed by atoms with Gasteiger partial charge in [0, 0.05) is 65.4 Å². The Balaban J connectivity index is 1.45. The van der Waals surface area contributed by atoms with Crippen molar-refractivity contribution in [2.45, 2.75) is 19.5 Å². The second-order valence-electron chi connectivity index (χ2n) is 8.66. The standard InChI is InChI=1S/C27H26Cl2N4O3S/c1-35-19-12-23-25(24(13-19)36-2)21-16-32(10-3-4-17-5-7-18(28)8-6-17)11-9-22(21)33(23)27(34)31-15-20-14-30-26(29)37-20/h3-8,12-14H,9-11,15-16H2,1-2H3,(H,31,34)/b4-3+. The fourth-order valence-corrected chi connectivity index (χ4v) is 5.71. The third-order valence-electron chi connectivity index (χ3n) is 6.40. The second kappa shape index (κ2) is 11.1. The Hall–Kier alpha value is -3.04. The summed E-state index contributed by atoms with van der Waals surface area (Å²) in [6.07, 6.45) is 6.66. The third kappa shape index (κ3) is 5.48. The van der Waals surface area contributed by atoms with E-state index in [2.05, 4.69) is 27.4 Å². The lowest BCUT2D eigenvalue weighted by Crippen LogP contribution is -2.34. The molecular weight excluding hydrogens is 531 g/mol. The molecule has 0 saturated carbocycles. The second-order valence-corrected chi connectivity index (χ2v) is 10.8. The van der Waals surface area contributed by atoms with Gasteiger partial charge >= 0.3 is 6.03 Å². The predicted molar refractivity (Wildman–Crippen MR) is 149 cm³/mol. The van der Waals surface area contributed by atoms with E-state index >= 15 is 0 Å². The van der Waals surface area contributed by atoms with Gasteiger partial charge in [0.2, 0.25) is 0 Å². The molecule has 2 aromatic carbocycles. The van der Waals surface area contributed by atoms with Crippen LogP contribution in [-0.2, 0) is 19.5 Å². The van der Waals surface area contributed by atoms with Crippen molar-refractivity contribution in [3.05, 3.63) is 79.9 Å². The quantitative estimate of drug-likeness (QED) is 0.291. The molecule has 3 heterocycles. The van der Waals surface area contributed by atoms with Gasteiger partial charge in [0.05, 0.1) is 26.3 Å². The molecule has 7 nitrogen and oxygen atoms in total. The number of carbonyl (C=O) groups is 1. The summed E-state index contributed by atoms with van der Waals surface area (Å²) >= 11 is 13.3. The molecule has 0 atom stereocenters. The van der Waals surface area contributed by atoms with Gasteiger partial charge in [-0.15, -0.1) is 11.3 Å². The van der Waals surface area contributed by atoms with Gasteiger partial charge in [-0.1, -0.05) is 47.5 Å². The summed E-state index contributed by atoms with van der Waals surface area (Å²) in [4.78, 5) is 20.8. The van der Waals surface area contributed by atoms with E-state index in [-0.39, 0.29) is 6.03 Å². The first-order chi connectivity index (χ1) is 18.0. The van der Waals surface area contributed by atoms with E-state index in [1.165, 1.54) is 11.3 Å². The van der Waals surface area contributed by atoms with Crippen LogP contribution in [0.3, 0.4) is 0 Å². The SMILES string of the molecule is COc1cc(OC)c2c3c(n(C(=O)NCc4cnc(Cl)s4)c2c1)CCN(C/C=C/c1ccc(Cl)cc1)C3. The number of ether oxygens (including phenoxy) is 2. The van der Waals surface area contributed by atoms with Crippen LogP contribution in [0, 0.1) is 0 Å². The van der Waals surface area contributed by atoms with Crippen LogP contribution in [0.4, 0.5) is 4.79 Å². The molecule has 0 unspecified atom stereocenters. The average molecular weight is 558 g/mol. The van der Waals surface area contributed by atoms with E-state index in [9.17, 15) is 4.79 Å². The van der Waals surface area contributed by atoms with Gasteiger partial charge in [-0.05, 0) is 23.3 Å². The topological polar surface area (TPSA) is 68.6 Å². The van der Waals surface area contributed by atoms with Crippen LogP contribution < -0.4 is 14.8 Å². The monoisotopic (exact) mass is 556 g/mol. The van der Waals surface area contributed by atoms with Crippen LogP contribution in [0.2, 0.25) is 9.49 Å². The fourth-order valence-electron chi connectivity index (χ4n) is 4.67. The number of carbonyl (C=O) groups excluding carboxylic acids is 1. The largest absolute Gasteiger partial charge is 0.497 e. The van der Waals surface area contributed by atoms with E-state index in [1.54, 1.807) is 25.0 Å². The number of thiazole rings is 1. The number of nitrogens with one attached hydrogen (secondary N) is 1. The molecule has 192 valence electrons. The fraction of sp³-hybridized carbons (Fsp3) is 0.259. The number of rotatable bonds is 7. The maximum absolute atomic E-state index is 13.5. The van der Waals surface area contributed by atoms with Gasteiger partial charge in [0.15, 0.2) is 4.47 Å². The van der Waals surface area contributed by atoms with E-state index in [1.807, 2.05) is 36.4 Å². The van der Waals surface area contributed by atoms with Gasteiger partial charge in [-0.3, -0.25) is 9.47 Å². The van der Waals surface area contributed by atoms with Gasteiger partial charge in [-0.2, -0.15) is 0 Å². The number of fused-ring (bicyclic) bond motifs is 3. The van der Waals surface area contributed by atoms with E-state index in [4.69, 9.17) is 32.7 Å². The van der Waals surface area contributed by atoms with Crippen molar-refractivity contribution in [3.8, 4) is 11.5 Å².